The maximum atomic E-state index is 13.1. The fraction of sp³-hybridized carbons (Fsp3) is 0.231. The van der Waals surface area contributed by atoms with Gasteiger partial charge in [0.1, 0.15) is 11.6 Å². The van der Waals surface area contributed by atoms with E-state index < -0.39 is 0 Å². The fourth-order valence-corrected chi connectivity index (χ4v) is 2.81. The third-order valence-corrected chi connectivity index (χ3v) is 3.93. The third-order valence-electron chi connectivity index (χ3n) is 2.59. The molecule has 1 atom stereocenters. The van der Waals surface area contributed by atoms with E-state index in [0.717, 1.165) is 26.8 Å². The van der Waals surface area contributed by atoms with Crippen LogP contribution in [0.15, 0.2) is 43.9 Å². The van der Waals surface area contributed by atoms with Gasteiger partial charge in [-0.1, -0.05) is 28.9 Å². The van der Waals surface area contributed by atoms with Gasteiger partial charge in [0.05, 0.1) is 16.8 Å². The summed E-state index contributed by atoms with van der Waals surface area (Å²) in [4.78, 5) is 0. The highest BCUT2D eigenvalue weighted by Gasteiger charge is 2.21. The molecular formula is C13H12Br2FNO. The number of furan rings is 1. The van der Waals surface area contributed by atoms with Gasteiger partial charge in [0.15, 0.2) is 0 Å². The topological polar surface area (TPSA) is 25.2 Å². The van der Waals surface area contributed by atoms with Crippen molar-refractivity contribution in [3.8, 4) is 0 Å². The van der Waals surface area contributed by atoms with Gasteiger partial charge in [-0.3, -0.25) is 0 Å². The molecule has 0 saturated carbocycles. The zero-order chi connectivity index (χ0) is 13.1. The van der Waals surface area contributed by atoms with E-state index in [9.17, 15) is 4.39 Å². The van der Waals surface area contributed by atoms with Crippen molar-refractivity contribution in [2.75, 3.05) is 6.54 Å². The van der Waals surface area contributed by atoms with E-state index in [4.69, 9.17) is 4.42 Å². The first kappa shape index (κ1) is 13.8. The smallest absolute Gasteiger partial charge is 0.139 e. The molecular weight excluding hydrogens is 365 g/mol. The van der Waals surface area contributed by atoms with Gasteiger partial charge in [-0.15, -0.1) is 0 Å². The molecule has 0 fully saturated rings. The second-order valence-electron chi connectivity index (χ2n) is 3.79. The van der Waals surface area contributed by atoms with Gasteiger partial charge < -0.3 is 9.73 Å². The minimum absolute atomic E-state index is 0.116. The molecule has 2 nitrogen and oxygen atoms in total. The lowest BCUT2D eigenvalue weighted by Crippen LogP contribution is -2.22. The SMILES string of the molecule is CCNC(c1ccc(F)cc1Br)c1occc1Br. The van der Waals surface area contributed by atoms with Crippen molar-refractivity contribution in [2.24, 2.45) is 0 Å². The number of nitrogens with one attached hydrogen (secondary N) is 1. The average Bonchev–Trinajstić information content (AvgIpc) is 2.73. The van der Waals surface area contributed by atoms with Crippen LogP contribution in [-0.2, 0) is 0 Å². The molecule has 1 aromatic carbocycles. The number of benzene rings is 1. The molecule has 0 bridgehead atoms. The van der Waals surface area contributed by atoms with Gasteiger partial charge >= 0.3 is 0 Å². The Morgan fingerprint density at radius 2 is 2.06 bits per heavy atom. The quantitative estimate of drug-likeness (QED) is 0.840. The Kier molecular flexibility index (Phi) is 4.59. The first-order valence-electron chi connectivity index (χ1n) is 5.54. The Morgan fingerprint density at radius 3 is 2.61 bits per heavy atom. The summed E-state index contributed by atoms with van der Waals surface area (Å²) in [5, 5.41) is 3.33. The lowest BCUT2D eigenvalue weighted by molar-refractivity contribution is 0.448. The zero-order valence-electron chi connectivity index (χ0n) is 9.71. The predicted molar refractivity (Wildman–Crippen MR) is 76.0 cm³/mol. The van der Waals surface area contributed by atoms with E-state index in [1.54, 1.807) is 12.3 Å². The monoisotopic (exact) mass is 375 g/mol. The summed E-state index contributed by atoms with van der Waals surface area (Å²) in [7, 11) is 0. The third kappa shape index (κ3) is 2.84. The van der Waals surface area contributed by atoms with E-state index in [1.807, 2.05) is 13.0 Å². The average molecular weight is 377 g/mol. The summed E-state index contributed by atoms with van der Waals surface area (Å²) < 4.78 is 20.2. The highest BCUT2D eigenvalue weighted by atomic mass is 79.9. The molecule has 0 saturated heterocycles. The van der Waals surface area contributed by atoms with Crippen LogP contribution in [0.25, 0.3) is 0 Å². The van der Waals surface area contributed by atoms with Gasteiger partial charge in [0.25, 0.3) is 0 Å². The Hall–Kier alpha value is -0.650. The molecule has 18 heavy (non-hydrogen) atoms. The Bertz CT molecular complexity index is 542. The highest BCUT2D eigenvalue weighted by Crippen LogP contribution is 2.33. The van der Waals surface area contributed by atoms with E-state index in [0.29, 0.717) is 0 Å². The summed E-state index contributed by atoms with van der Waals surface area (Å²) in [6.45, 7) is 2.79. The van der Waals surface area contributed by atoms with Crippen LogP contribution in [0.3, 0.4) is 0 Å². The molecule has 0 aliphatic rings. The molecule has 0 radical (unpaired) electrons. The van der Waals surface area contributed by atoms with E-state index >= 15 is 0 Å². The minimum Gasteiger partial charge on any atom is -0.466 e. The lowest BCUT2D eigenvalue weighted by atomic mass is 10.0. The number of hydrogen-bond acceptors (Lipinski definition) is 2. The van der Waals surface area contributed by atoms with Crippen molar-refractivity contribution in [3.63, 3.8) is 0 Å². The summed E-state index contributed by atoms with van der Waals surface area (Å²) in [5.74, 6) is 0.517. The molecule has 1 aromatic heterocycles. The van der Waals surface area contributed by atoms with Crippen molar-refractivity contribution in [1.29, 1.82) is 0 Å². The molecule has 0 aliphatic heterocycles. The van der Waals surface area contributed by atoms with Crippen LogP contribution < -0.4 is 5.32 Å². The maximum absolute atomic E-state index is 13.1. The second kappa shape index (κ2) is 5.99. The fourth-order valence-electron chi connectivity index (χ4n) is 1.80. The van der Waals surface area contributed by atoms with Gasteiger partial charge in [-0.2, -0.15) is 0 Å². The summed E-state index contributed by atoms with van der Waals surface area (Å²) in [5.41, 5.74) is 0.939. The molecule has 1 heterocycles. The van der Waals surface area contributed by atoms with E-state index in [1.165, 1.54) is 12.1 Å². The second-order valence-corrected chi connectivity index (χ2v) is 5.50. The molecule has 1 N–H and O–H groups in total. The summed E-state index contributed by atoms with van der Waals surface area (Å²) in [6.07, 6.45) is 1.63. The van der Waals surface area contributed by atoms with Gasteiger partial charge in [-0.05, 0) is 46.2 Å². The van der Waals surface area contributed by atoms with E-state index in [-0.39, 0.29) is 11.9 Å². The zero-order valence-corrected chi connectivity index (χ0v) is 12.9. The van der Waals surface area contributed by atoms with Crippen molar-refractivity contribution in [3.05, 3.63) is 56.6 Å². The molecule has 0 aliphatic carbocycles. The van der Waals surface area contributed by atoms with Crippen molar-refractivity contribution < 1.29 is 8.81 Å². The molecule has 1 unspecified atom stereocenters. The lowest BCUT2D eigenvalue weighted by Gasteiger charge is -2.18. The number of hydrogen-bond donors (Lipinski definition) is 1. The van der Waals surface area contributed by atoms with Crippen LogP contribution in [0.1, 0.15) is 24.3 Å². The molecule has 96 valence electrons. The highest BCUT2D eigenvalue weighted by molar-refractivity contribution is 9.10. The van der Waals surface area contributed by atoms with Crippen LogP contribution in [0.4, 0.5) is 4.39 Å². The Morgan fingerprint density at radius 1 is 1.28 bits per heavy atom. The predicted octanol–water partition coefficient (Wildman–Crippen LogP) is 4.64. The molecule has 0 spiro atoms. The van der Waals surface area contributed by atoms with E-state index in [2.05, 4.69) is 37.2 Å². The first-order valence-corrected chi connectivity index (χ1v) is 7.13. The van der Waals surface area contributed by atoms with Crippen LogP contribution in [0.5, 0.6) is 0 Å². The Balaban J connectivity index is 2.45. The Labute approximate surface area is 122 Å². The molecule has 0 amide bonds. The maximum Gasteiger partial charge on any atom is 0.139 e. The van der Waals surface area contributed by atoms with Crippen LogP contribution in [0, 0.1) is 5.82 Å². The van der Waals surface area contributed by atoms with Gasteiger partial charge in [0, 0.05) is 4.47 Å². The number of rotatable bonds is 4. The minimum atomic E-state index is -0.264. The summed E-state index contributed by atoms with van der Waals surface area (Å²) >= 11 is 6.84. The van der Waals surface area contributed by atoms with Gasteiger partial charge in [-0.25, -0.2) is 4.39 Å². The van der Waals surface area contributed by atoms with Crippen molar-refractivity contribution in [1.82, 2.24) is 5.32 Å². The van der Waals surface area contributed by atoms with Gasteiger partial charge in [0.2, 0.25) is 0 Å². The van der Waals surface area contributed by atoms with Crippen LogP contribution in [0.2, 0.25) is 0 Å². The summed E-state index contributed by atoms with van der Waals surface area (Å²) in [6, 6.07) is 6.38. The number of halogens is 3. The first-order chi connectivity index (χ1) is 8.63. The van der Waals surface area contributed by atoms with Crippen molar-refractivity contribution in [2.45, 2.75) is 13.0 Å². The molecule has 2 aromatic rings. The normalized spacial score (nSPS) is 12.7. The van der Waals surface area contributed by atoms with Crippen molar-refractivity contribution >= 4 is 31.9 Å². The molecule has 5 heteroatoms. The van der Waals surface area contributed by atoms with Crippen LogP contribution >= 0.6 is 31.9 Å². The van der Waals surface area contributed by atoms with Crippen LogP contribution in [-0.4, -0.2) is 6.54 Å². The standard InChI is InChI=1S/C13H12Br2FNO/c1-2-17-12(13-10(14)5-6-18-13)9-4-3-8(16)7-11(9)15/h3-7,12,17H,2H2,1H3. The largest absolute Gasteiger partial charge is 0.466 e. The molecule has 2 rings (SSSR count).